The lowest BCUT2D eigenvalue weighted by Crippen LogP contribution is -2.04. The molecule has 3 heterocycles. The second-order valence-electron chi connectivity index (χ2n) is 14.0. The average molecular weight is 700 g/mol. The standard InChI is InChI=1S/C50H29N5/c51-30-32-25-27-47(54-44-20-8-3-14-36(44)39-26-24-33(31-52)29-49(39)54)41(28-32)38-16-5-10-22-46(38)55-45-21-9-4-15-37(45)40-17-11-23-48(50(40)55)53-42-18-6-1-12-34(42)35-13-2-7-19-43(35)53/h1-29H. The molecule has 0 spiro atoms. The smallest absolute Gasteiger partial charge is 0.0992 e. The molecule has 0 amide bonds. The summed E-state index contributed by atoms with van der Waals surface area (Å²) in [6, 6.07) is 66.0. The first-order chi connectivity index (χ1) is 27.2. The lowest BCUT2D eigenvalue weighted by atomic mass is 9.98. The van der Waals surface area contributed by atoms with Gasteiger partial charge in [0.05, 0.1) is 73.4 Å². The maximum atomic E-state index is 10.3. The molecule has 0 fully saturated rings. The van der Waals surface area contributed by atoms with Crippen molar-refractivity contribution in [3.8, 4) is 40.3 Å². The van der Waals surface area contributed by atoms with Crippen molar-refractivity contribution < 1.29 is 0 Å². The first-order valence-electron chi connectivity index (χ1n) is 18.3. The van der Waals surface area contributed by atoms with E-state index in [-0.39, 0.29) is 0 Å². The summed E-state index contributed by atoms with van der Waals surface area (Å²) in [7, 11) is 0. The highest BCUT2D eigenvalue weighted by molar-refractivity contribution is 6.16. The van der Waals surface area contributed by atoms with Crippen molar-refractivity contribution in [3.63, 3.8) is 0 Å². The molecule has 0 aliphatic heterocycles. The molecule has 0 aliphatic carbocycles. The van der Waals surface area contributed by atoms with E-state index in [2.05, 4.69) is 165 Å². The molecule has 3 aromatic heterocycles. The first kappa shape index (κ1) is 30.7. The summed E-state index contributed by atoms with van der Waals surface area (Å²) in [5.74, 6) is 0. The van der Waals surface area contributed by atoms with Crippen LogP contribution in [0.25, 0.3) is 93.6 Å². The molecular weight excluding hydrogens is 671 g/mol. The molecular formula is C50H29N5. The van der Waals surface area contributed by atoms with Crippen LogP contribution in [0.3, 0.4) is 0 Å². The minimum absolute atomic E-state index is 0.570. The quantitative estimate of drug-likeness (QED) is 0.184. The minimum Gasteiger partial charge on any atom is -0.309 e. The van der Waals surface area contributed by atoms with Crippen molar-refractivity contribution in [2.45, 2.75) is 0 Å². The van der Waals surface area contributed by atoms with Gasteiger partial charge in [-0.25, -0.2) is 0 Å². The Morgan fingerprint density at radius 3 is 1.38 bits per heavy atom. The van der Waals surface area contributed by atoms with E-state index < -0.39 is 0 Å². The highest BCUT2D eigenvalue weighted by Gasteiger charge is 2.23. The Balaban J connectivity index is 1.27. The zero-order chi connectivity index (χ0) is 36.6. The van der Waals surface area contributed by atoms with Gasteiger partial charge in [-0.2, -0.15) is 10.5 Å². The van der Waals surface area contributed by atoms with Gasteiger partial charge in [0, 0.05) is 43.4 Å². The van der Waals surface area contributed by atoms with Gasteiger partial charge in [-0.05, 0) is 66.7 Å². The van der Waals surface area contributed by atoms with Crippen LogP contribution in [0, 0.1) is 22.7 Å². The number of nitriles is 2. The minimum atomic E-state index is 0.570. The fraction of sp³-hybridized carbons (Fsp3) is 0. The second kappa shape index (κ2) is 11.8. The average Bonchev–Trinajstić information content (AvgIpc) is 3.89. The van der Waals surface area contributed by atoms with Crippen LogP contribution in [-0.4, -0.2) is 13.7 Å². The van der Waals surface area contributed by atoms with Crippen LogP contribution in [0.5, 0.6) is 0 Å². The molecule has 0 radical (unpaired) electrons. The van der Waals surface area contributed by atoms with E-state index in [9.17, 15) is 10.5 Å². The highest BCUT2D eigenvalue weighted by Crippen LogP contribution is 2.43. The number of aromatic nitrogens is 3. The molecule has 0 N–H and O–H groups in total. The van der Waals surface area contributed by atoms with Gasteiger partial charge in [-0.3, -0.25) is 0 Å². The summed E-state index contributed by atoms with van der Waals surface area (Å²) in [5, 5.41) is 27.2. The van der Waals surface area contributed by atoms with Crippen LogP contribution in [0.2, 0.25) is 0 Å². The first-order valence-corrected chi connectivity index (χ1v) is 18.3. The van der Waals surface area contributed by atoms with E-state index in [0.29, 0.717) is 11.1 Å². The largest absolute Gasteiger partial charge is 0.309 e. The van der Waals surface area contributed by atoms with Crippen LogP contribution < -0.4 is 0 Å². The van der Waals surface area contributed by atoms with Crippen molar-refractivity contribution >= 4 is 65.4 Å². The van der Waals surface area contributed by atoms with Gasteiger partial charge >= 0.3 is 0 Å². The third kappa shape index (κ3) is 4.39. The Hall–Kier alpha value is -7.86. The van der Waals surface area contributed by atoms with E-state index in [0.717, 1.165) is 82.8 Å². The van der Waals surface area contributed by atoms with Gasteiger partial charge in [0.25, 0.3) is 0 Å². The number of hydrogen-bond donors (Lipinski definition) is 0. The molecule has 11 rings (SSSR count). The predicted molar refractivity (Wildman–Crippen MR) is 224 cm³/mol. The van der Waals surface area contributed by atoms with Crippen molar-refractivity contribution in [2.75, 3.05) is 0 Å². The van der Waals surface area contributed by atoms with Crippen molar-refractivity contribution in [3.05, 3.63) is 187 Å². The Morgan fingerprint density at radius 2 is 0.745 bits per heavy atom. The summed E-state index contributed by atoms with van der Waals surface area (Å²) < 4.78 is 7.05. The van der Waals surface area contributed by atoms with Crippen LogP contribution >= 0.6 is 0 Å². The van der Waals surface area contributed by atoms with Crippen molar-refractivity contribution in [1.29, 1.82) is 10.5 Å². The Bertz CT molecular complexity index is 3420. The molecule has 8 aromatic carbocycles. The lowest BCUT2D eigenvalue weighted by molar-refractivity contribution is 1.13. The van der Waals surface area contributed by atoms with E-state index in [1.807, 2.05) is 36.4 Å². The molecule has 0 saturated carbocycles. The van der Waals surface area contributed by atoms with Crippen LogP contribution in [0.1, 0.15) is 11.1 Å². The zero-order valence-electron chi connectivity index (χ0n) is 29.5. The highest BCUT2D eigenvalue weighted by atomic mass is 15.1. The second-order valence-corrected chi connectivity index (χ2v) is 14.0. The van der Waals surface area contributed by atoms with Gasteiger partial charge in [0.1, 0.15) is 0 Å². The van der Waals surface area contributed by atoms with Crippen molar-refractivity contribution in [1.82, 2.24) is 13.7 Å². The Morgan fingerprint density at radius 1 is 0.309 bits per heavy atom. The van der Waals surface area contributed by atoms with Crippen LogP contribution in [0.15, 0.2) is 176 Å². The number of rotatable bonds is 4. The molecule has 0 bridgehead atoms. The third-order valence-corrected chi connectivity index (χ3v) is 11.1. The van der Waals surface area contributed by atoms with Gasteiger partial charge < -0.3 is 13.7 Å². The number of benzene rings is 8. The van der Waals surface area contributed by atoms with E-state index in [1.165, 1.54) is 10.8 Å². The fourth-order valence-corrected chi connectivity index (χ4v) is 8.83. The Kier molecular flexibility index (Phi) is 6.61. The van der Waals surface area contributed by atoms with Gasteiger partial charge in [-0.15, -0.1) is 0 Å². The number of fused-ring (bicyclic) bond motifs is 9. The molecule has 0 atom stereocenters. The fourth-order valence-electron chi connectivity index (χ4n) is 8.83. The maximum Gasteiger partial charge on any atom is 0.0992 e. The molecule has 0 aliphatic rings. The van der Waals surface area contributed by atoms with E-state index >= 15 is 0 Å². The summed E-state index contributed by atoms with van der Waals surface area (Å²) in [4.78, 5) is 0. The van der Waals surface area contributed by atoms with Gasteiger partial charge in [0.15, 0.2) is 0 Å². The number of nitrogens with zero attached hydrogens (tertiary/aromatic N) is 5. The molecule has 5 heteroatoms. The van der Waals surface area contributed by atoms with Crippen LogP contribution in [-0.2, 0) is 0 Å². The summed E-state index contributed by atoms with van der Waals surface area (Å²) in [6.45, 7) is 0. The van der Waals surface area contributed by atoms with Crippen LogP contribution in [0.4, 0.5) is 0 Å². The summed E-state index contributed by atoms with van der Waals surface area (Å²) in [6.07, 6.45) is 0. The van der Waals surface area contributed by atoms with Crippen molar-refractivity contribution in [2.24, 2.45) is 0 Å². The molecule has 5 nitrogen and oxygen atoms in total. The SMILES string of the molecule is N#Cc1ccc(-n2c3ccccc3c3ccc(C#N)cc32)c(-c2ccccc2-n2c3ccccc3c3cccc(-n4c5ccccc5c5ccccc54)c32)c1. The molecule has 0 unspecified atom stereocenters. The number of hydrogen-bond acceptors (Lipinski definition) is 2. The summed E-state index contributed by atoms with van der Waals surface area (Å²) >= 11 is 0. The Labute approximate surface area is 316 Å². The number of para-hydroxylation sites is 6. The lowest BCUT2D eigenvalue weighted by Gasteiger charge is -2.20. The predicted octanol–water partition coefficient (Wildman–Crippen LogP) is 12.4. The maximum absolute atomic E-state index is 10.3. The molecule has 55 heavy (non-hydrogen) atoms. The van der Waals surface area contributed by atoms with E-state index in [1.54, 1.807) is 0 Å². The zero-order valence-corrected chi connectivity index (χ0v) is 29.5. The third-order valence-electron chi connectivity index (χ3n) is 11.1. The van der Waals surface area contributed by atoms with E-state index in [4.69, 9.17) is 0 Å². The summed E-state index contributed by atoms with van der Waals surface area (Å²) in [5.41, 5.74) is 12.5. The normalized spacial score (nSPS) is 11.6. The molecule has 254 valence electrons. The monoisotopic (exact) mass is 699 g/mol. The molecule has 11 aromatic rings. The molecule has 0 saturated heterocycles. The topological polar surface area (TPSA) is 62.4 Å². The van der Waals surface area contributed by atoms with Gasteiger partial charge in [0.2, 0.25) is 0 Å². The van der Waals surface area contributed by atoms with Gasteiger partial charge in [-0.1, -0.05) is 109 Å².